The molecule has 0 unspecified atom stereocenters. The highest BCUT2D eigenvalue weighted by Crippen LogP contribution is 2.41. The topological polar surface area (TPSA) is 73.9 Å². The van der Waals surface area contributed by atoms with Crippen LogP contribution in [0.3, 0.4) is 0 Å². The number of nitrogens with one attached hydrogen (secondary N) is 1. The zero-order valence-corrected chi connectivity index (χ0v) is 18.5. The molecule has 1 aliphatic rings. The van der Waals surface area contributed by atoms with Crippen molar-refractivity contribution in [2.75, 3.05) is 25.6 Å². The van der Waals surface area contributed by atoms with Crippen LogP contribution in [0, 0.1) is 0 Å². The Morgan fingerprint density at radius 3 is 2.29 bits per heavy atom. The Morgan fingerprint density at radius 2 is 1.68 bits per heavy atom. The lowest BCUT2D eigenvalue weighted by Crippen LogP contribution is -2.42. The van der Waals surface area contributed by atoms with Gasteiger partial charge in [0.05, 0.1) is 25.7 Å². The number of amides is 1. The summed E-state index contributed by atoms with van der Waals surface area (Å²) in [5, 5.41) is 3.05. The molecule has 1 saturated carbocycles. The standard InChI is InChI=1S/C25H31NO5/c1-4-30-22-14-11-19(17-21(22)23(27)31-5-2)26-24(28)25(15-7-6-8-16-25)18-9-12-20(29-3)13-10-18/h9-14,17H,4-8,15-16H2,1-3H3,(H,26,28). The van der Waals surface area contributed by atoms with Gasteiger partial charge in [-0.25, -0.2) is 4.79 Å². The number of benzene rings is 2. The van der Waals surface area contributed by atoms with Crippen LogP contribution in [0.25, 0.3) is 0 Å². The van der Waals surface area contributed by atoms with Crippen LogP contribution in [0.2, 0.25) is 0 Å². The Bertz CT molecular complexity index is 901. The van der Waals surface area contributed by atoms with E-state index in [4.69, 9.17) is 14.2 Å². The van der Waals surface area contributed by atoms with Gasteiger partial charge in [0.1, 0.15) is 17.1 Å². The zero-order valence-electron chi connectivity index (χ0n) is 18.5. The molecule has 6 heteroatoms. The maximum atomic E-state index is 13.6. The largest absolute Gasteiger partial charge is 0.497 e. The predicted octanol–water partition coefficient (Wildman–Crippen LogP) is 5.11. The van der Waals surface area contributed by atoms with E-state index >= 15 is 0 Å². The molecular weight excluding hydrogens is 394 g/mol. The number of ether oxygens (including phenoxy) is 3. The van der Waals surface area contributed by atoms with E-state index in [2.05, 4.69) is 5.32 Å². The summed E-state index contributed by atoms with van der Waals surface area (Å²) in [5.41, 5.74) is 1.24. The maximum Gasteiger partial charge on any atom is 0.341 e. The average molecular weight is 426 g/mol. The van der Waals surface area contributed by atoms with Crippen molar-refractivity contribution in [1.29, 1.82) is 0 Å². The molecule has 0 aliphatic heterocycles. The highest BCUT2D eigenvalue weighted by molar-refractivity contribution is 6.01. The molecule has 0 atom stereocenters. The first kappa shape index (κ1) is 22.7. The molecule has 0 radical (unpaired) electrons. The van der Waals surface area contributed by atoms with Crippen molar-refractivity contribution in [2.24, 2.45) is 0 Å². The van der Waals surface area contributed by atoms with Crippen LogP contribution in [0.4, 0.5) is 5.69 Å². The summed E-state index contributed by atoms with van der Waals surface area (Å²) in [6.45, 7) is 4.30. The Labute approximate surface area is 183 Å². The molecule has 166 valence electrons. The normalized spacial score (nSPS) is 15.1. The fourth-order valence-electron chi connectivity index (χ4n) is 4.22. The number of carbonyl (C=O) groups excluding carboxylic acids is 2. The Kier molecular flexibility index (Phi) is 7.55. The van der Waals surface area contributed by atoms with Crippen LogP contribution in [-0.2, 0) is 14.9 Å². The first-order chi connectivity index (χ1) is 15.0. The van der Waals surface area contributed by atoms with Gasteiger partial charge in [-0.1, -0.05) is 31.4 Å². The predicted molar refractivity (Wildman–Crippen MR) is 120 cm³/mol. The van der Waals surface area contributed by atoms with Crippen LogP contribution in [-0.4, -0.2) is 32.2 Å². The average Bonchev–Trinajstić information content (AvgIpc) is 2.80. The van der Waals surface area contributed by atoms with Gasteiger partial charge in [-0.15, -0.1) is 0 Å². The lowest BCUT2D eigenvalue weighted by atomic mass is 9.68. The van der Waals surface area contributed by atoms with Crippen molar-refractivity contribution < 1.29 is 23.8 Å². The van der Waals surface area contributed by atoms with Gasteiger partial charge < -0.3 is 19.5 Å². The summed E-state index contributed by atoms with van der Waals surface area (Å²) in [5.74, 6) is 0.683. The third-order valence-electron chi connectivity index (χ3n) is 5.82. The third-order valence-corrected chi connectivity index (χ3v) is 5.82. The zero-order chi connectivity index (χ0) is 22.3. The van der Waals surface area contributed by atoms with Crippen molar-refractivity contribution in [3.05, 3.63) is 53.6 Å². The van der Waals surface area contributed by atoms with Gasteiger partial charge in [-0.05, 0) is 62.6 Å². The molecule has 1 N–H and O–H groups in total. The van der Waals surface area contributed by atoms with Gasteiger partial charge in [0.15, 0.2) is 0 Å². The molecule has 1 fully saturated rings. The highest BCUT2D eigenvalue weighted by Gasteiger charge is 2.41. The van der Waals surface area contributed by atoms with E-state index in [0.29, 0.717) is 23.6 Å². The smallest absolute Gasteiger partial charge is 0.341 e. The third kappa shape index (κ3) is 5.01. The molecule has 0 saturated heterocycles. The number of anilines is 1. The summed E-state index contributed by atoms with van der Waals surface area (Å²) in [7, 11) is 1.63. The molecule has 31 heavy (non-hydrogen) atoms. The van der Waals surface area contributed by atoms with Crippen molar-refractivity contribution in [3.63, 3.8) is 0 Å². The van der Waals surface area contributed by atoms with E-state index in [1.807, 2.05) is 31.2 Å². The molecule has 0 bridgehead atoms. The lowest BCUT2D eigenvalue weighted by Gasteiger charge is -2.36. The Morgan fingerprint density at radius 1 is 0.968 bits per heavy atom. The van der Waals surface area contributed by atoms with E-state index in [9.17, 15) is 9.59 Å². The van der Waals surface area contributed by atoms with E-state index in [1.54, 1.807) is 32.2 Å². The fraction of sp³-hybridized carbons (Fsp3) is 0.440. The minimum Gasteiger partial charge on any atom is -0.497 e. The molecule has 1 amide bonds. The molecule has 0 heterocycles. The summed E-state index contributed by atoms with van der Waals surface area (Å²) < 4.78 is 16.0. The van der Waals surface area contributed by atoms with Crippen LogP contribution in [0.1, 0.15) is 61.9 Å². The summed E-state index contributed by atoms with van der Waals surface area (Å²) in [4.78, 5) is 26.0. The summed E-state index contributed by atoms with van der Waals surface area (Å²) in [6.07, 6.45) is 4.69. The molecule has 3 rings (SSSR count). The van der Waals surface area contributed by atoms with Crippen LogP contribution in [0.15, 0.2) is 42.5 Å². The highest BCUT2D eigenvalue weighted by atomic mass is 16.5. The number of hydrogen-bond acceptors (Lipinski definition) is 5. The molecule has 2 aromatic carbocycles. The first-order valence-electron chi connectivity index (χ1n) is 10.9. The minimum atomic E-state index is -0.604. The van der Waals surface area contributed by atoms with Gasteiger partial charge >= 0.3 is 5.97 Å². The second kappa shape index (κ2) is 10.3. The van der Waals surface area contributed by atoms with E-state index < -0.39 is 11.4 Å². The van der Waals surface area contributed by atoms with Gasteiger partial charge in [-0.3, -0.25) is 4.79 Å². The maximum absolute atomic E-state index is 13.6. The van der Waals surface area contributed by atoms with E-state index in [0.717, 1.165) is 43.4 Å². The molecule has 6 nitrogen and oxygen atoms in total. The number of methoxy groups -OCH3 is 1. The number of hydrogen-bond donors (Lipinski definition) is 1. The van der Waals surface area contributed by atoms with Gasteiger partial charge in [0.25, 0.3) is 0 Å². The van der Waals surface area contributed by atoms with Crippen LogP contribution in [0.5, 0.6) is 11.5 Å². The van der Waals surface area contributed by atoms with Crippen molar-refractivity contribution in [3.8, 4) is 11.5 Å². The SMILES string of the molecule is CCOC(=O)c1cc(NC(=O)C2(c3ccc(OC)cc3)CCCCC2)ccc1OCC. The van der Waals surface area contributed by atoms with Crippen molar-refractivity contribution in [2.45, 2.75) is 51.4 Å². The van der Waals surface area contributed by atoms with Gasteiger partial charge in [-0.2, -0.15) is 0 Å². The number of esters is 1. The Hall–Kier alpha value is -3.02. The second-order valence-corrected chi connectivity index (χ2v) is 7.69. The summed E-state index contributed by atoms with van der Waals surface area (Å²) >= 11 is 0. The molecule has 1 aliphatic carbocycles. The second-order valence-electron chi connectivity index (χ2n) is 7.69. The molecule has 2 aromatic rings. The first-order valence-corrected chi connectivity index (χ1v) is 10.9. The number of rotatable bonds is 8. The monoisotopic (exact) mass is 425 g/mol. The van der Waals surface area contributed by atoms with Gasteiger partial charge in [0.2, 0.25) is 5.91 Å². The quantitative estimate of drug-likeness (QED) is 0.595. The van der Waals surface area contributed by atoms with Crippen molar-refractivity contribution >= 4 is 17.6 Å². The van der Waals surface area contributed by atoms with Crippen LogP contribution < -0.4 is 14.8 Å². The van der Waals surface area contributed by atoms with Gasteiger partial charge in [0, 0.05) is 5.69 Å². The summed E-state index contributed by atoms with van der Waals surface area (Å²) in [6, 6.07) is 12.8. The molecule has 0 aromatic heterocycles. The molecular formula is C25H31NO5. The van der Waals surface area contributed by atoms with Crippen LogP contribution >= 0.6 is 0 Å². The Balaban J connectivity index is 1.91. The van der Waals surface area contributed by atoms with Crippen molar-refractivity contribution in [1.82, 2.24) is 0 Å². The van der Waals surface area contributed by atoms with E-state index in [-0.39, 0.29) is 12.5 Å². The van der Waals surface area contributed by atoms with E-state index in [1.165, 1.54) is 0 Å². The fourth-order valence-corrected chi connectivity index (χ4v) is 4.22. The molecule has 0 spiro atoms. The minimum absolute atomic E-state index is 0.0589. The number of carbonyl (C=O) groups is 2. The lowest BCUT2D eigenvalue weighted by molar-refractivity contribution is -0.122.